The summed E-state index contributed by atoms with van der Waals surface area (Å²) in [5, 5.41) is 2.95. The molecule has 3 N–H and O–H groups in total. The molecule has 22 heavy (non-hydrogen) atoms. The SMILES string of the molecule is C=CCNC(N)=NCc1cccc(COc2ccccc2)c1. The summed E-state index contributed by atoms with van der Waals surface area (Å²) in [5.41, 5.74) is 7.95. The molecular weight excluding hydrogens is 274 g/mol. The van der Waals surface area contributed by atoms with Crippen molar-refractivity contribution in [3.63, 3.8) is 0 Å². The van der Waals surface area contributed by atoms with Crippen molar-refractivity contribution in [1.82, 2.24) is 5.32 Å². The Hall–Kier alpha value is -2.75. The maximum atomic E-state index is 5.75. The van der Waals surface area contributed by atoms with E-state index in [1.807, 2.05) is 48.5 Å². The van der Waals surface area contributed by atoms with E-state index in [2.05, 4.69) is 23.0 Å². The van der Waals surface area contributed by atoms with Gasteiger partial charge in [-0.05, 0) is 23.3 Å². The predicted octanol–water partition coefficient (Wildman–Crippen LogP) is 2.86. The summed E-state index contributed by atoms with van der Waals surface area (Å²) in [7, 11) is 0. The van der Waals surface area contributed by atoms with E-state index in [-0.39, 0.29) is 0 Å². The van der Waals surface area contributed by atoms with Gasteiger partial charge in [-0.2, -0.15) is 0 Å². The maximum Gasteiger partial charge on any atom is 0.189 e. The zero-order chi connectivity index (χ0) is 15.6. The van der Waals surface area contributed by atoms with Gasteiger partial charge in [0.05, 0.1) is 6.54 Å². The quantitative estimate of drug-likeness (QED) is 0.469. The van der Waals surface area contributed by atoms with Crippen LogP contribution in [0.3, 0.4) is 0 Å². The molecular formula is C18H21N3O. The van der Waals surface area contributed by atoms with Gasteiger partial charge in [-0.15, -0.1) is 6.58 Å². The lowest BCUT2D eigenvalue weighted by atomic mass is 10.1. The highest BCUT2D eigenvalue weighted by molar-refractivity contribution is 5.77. The molecule has 2 aromatic carbocycles. The van der Waals surface area contributed by atoms with Crippen molar-refractivity contribution in [3.8, 4) is 5.75 Å². The van der Waals surface area contributed by atoms with Gasteiger partial charge in [0, 0.05) is 6.54 Å². The van der Waals surface area contributed by atoms with E-state index in [0.717, 1.165) is 16.9 Å². The van der Waals surface area contributed by atoms with Gasteiger partial charge in [0.15, 0.2) is 5.96 Å². The third-order valence-corrected chi connectivity index (χ3v) is 3.00. The van der Waals surface area contributed by atoms with Crippen molar-refractivity contribution in [2.24, 2.45) is 10.7 Å². The highest BCUT2D eigenvalue weighted by atomic mass is 16.5. The van der Waals surface area contributed by atoms with Gasteiger partial charge in [-0.3, -0.25) is 0 Å². The fraction of sp³-hybridized carbons (Fsp3) is 0.167. The zero-order valence-electron chi connectivity index (χ0n) is 12.5. The van der Waals surface area contributed by atoms with Gasteiger partial charge >= 0.3 is 0 Å². The first-order valence-corrected chi connectivity index (χ1v) is 7.18. The minimum Gasteiger partial charge on any atom is -0.489 e. The van der Waals surface area contributed by atoms with E-state index in [1.54, 1.807) is 6.08 Å². The van der Waals surface area contributed by atoms with Gasteiger partial charge in [-0.1, -0.05) is 48.5 Å². The van der Waals surface area contributed by atoms with Gasteiger partial charge in [0.2, 0.25) is 0 Å². The Kier molecular flexibility index (Phi) is 6.05. The largest absolute Gasteiger partial charge is 0.489 e. The number of guanidine groups is 1. The first-order valence-electron chi connectivity index (χ1n) is 7.18. The molecule has 0 aliphatic heterocycles. The van der Waals surface area contributed by atoms with Crippen LogP contribution in [0.4, 0.5) is 0 Å². The Labute approximate surface area is 131 Å². The number of nitrogens with zero attached hydrogens (tertiary/aromatic N) is 1. The lowest BCUT2D eigenvalue weighted by molar-refractivity contribution is 0.306. The average Bonchev–Trinajstić information content (AvgIpc) is 2.57. The monoisotopic (exact) mass is 295 g/mol. The van der Waals surface area contributed by atoms with Gasteiger partial charge in [-0.25, -0.2) is 4.99 Å². The van der Waals surface area contributed by atoms with Gasteiger partial charge in [0.25, 0.3) is 0 Å². The number of ether oxygens (including phenoxy) is 1. The molecule has 0 atom stereocenters. The smallest absolute Gasteiger partial charge is 0.189 e. The molecule has 0 aliphatic rings. The molecule has 2 aromatic rings. The highest BCUT2D eigenvalue weighted by Gasteiger charge is 1.98. The van der Waals surface area contributed by atoms with Crippen molar-refractivity contribution >= 4 is 5.96 Å². The lowest BCUT2D eigenvalue weighted by Gasteiger charge is -2.07. The van der Waals surface area contributed by atoms with Crippen LogP contribution in [0.2, 0.25) is 0 Å². The number of hydrogen-bond acceptors (Lipinski definition) is 2. The Balaban J connectivity index is 1.91. The second-order valence-electron chi connectivity index (χ2n) is 4.79. The summed E-state index contributed by atoms with van der Waals surface area (Å²) in [6.07, 6.45) is 1.74. The number of aliphatic imine (C=N–C) groups is 1. The Morgan fingerprint density at radius 2 is 1.91 bits per heavy atom. The van der Waals surface area contributed by atoms with Crippen LogP contribution in [0.5, 0.6) is 5.75 Å². The molecule has 0 saturated heterocycles. The lowest BCUT2D eigenvalue weighted by Crippen LogP contribution is -2.31. The summed E-state index contributed by atoms with van der Waals surface area (Å²) < 4.78 is 5.74. The predicted molar refractivity (Wildman–Crippen MR) is 90.7 cm³/mol. The van der Waals surface area contributed by atoms with E-state index < -0.39 is 0 Å². The average molecular weight is 295 g/mol. The molecule has 0 saturated carbocycles. The Bertz CT molecular complexity index is 623. The van der Waals surface area contributed by atoms with Crippen molar-refractivity contribution in [1.29, 1.82) is 0 Å². The van der Waals surface area contributed by atoms with Crippen molar-refractivity contribution < 1.29 is 4.74 Å². The fourth-order valence-electron chi connectivity index (χ4n) is 1.91. The Morgan fingerprint density at radius 3 is 2.68 bits per heavy atom. The van der Waals surface area contributed by atoms with Gasteiger partial charge in [0.1, 0.15) is 12.4 Å². The number of nitrogens with two attached hydrogens (primary N) is 1. The van der Waals surface area contributed by atoms with E-state index in [0.29, 0.717) is 25.7 Å². The second-order valence-corrected chi connectivity index (χ2v) is 4.79. The molecule has 0 aromatic heterocycles. The third-order valence-electron chi connectivity index (χ3n) is 3.00. The summed E-state index contributed by atoms with van der Waals surface area (Å²) in [6, 6.07) is 17.9. The summed E-state index contributed by atoms with van der Waals surface area (Å²) in [6.45, 7) is 5.30. The van der Waals surface area contributed by atoms with Crippen molar-refractivity contribution in [2.75, 3.05) is 6.54 Å². The van der Waals surface area contributed by atoms with E-state index in [4.69, 9.17) is 10.5 Å². The number of benzene rings is 2. The van der Waals surface area contributed by atoms with Gasteiger partial charge < -0.3 is 15.8 Å². The van der Waals surface area contributed by atoms with E-state index in [1.165, 1.54) is 0 Å². The van der Waals surface area contributed by atoms with Crippen LogP contribution in [0, 0.1) is 0 Å². The first-order chi connectivity index (χ1) is 10.8. The topological polar surface area (TPSA) is 59.6 Å². The molecule has 0 amide bonds. The van der Waals surface area contributed by atoms with E-state index in [9.17, 15) is 0 Å². The normalized spacial score (nSPS) is 11.0. The number of rotatable bonds is 7. The number of para-hydroxylation sites is 1. The molecule has 4 nitrogen and oxygen atoms in total. The molecule has 0 radical (unpaired) electrons. The second kappa shape index (κ2) is 8.52. The maximum absolute atomic E-state index is 5.75. The summed E-state index contributed by atoms with van der Waals surface area (Å²) >= 11 is 0. The molecule has 114 valence electrons. The molecule has 4 heteroatoms. The minimum atomic E-state index is 0.422. The molecule has 2 rings (SSSR count). The summed E-state index contributed by atoms with van der Waals surface area (Å²) in [4.78, 5) is 4.29. The van der Waals surface area contributed by atoms with Crippen molar-refractivity contribution in [2.45, 2.75) is 13.2 Å². The van der Waals surface area contributed by atoms with Crippen LogP contribution in [-0.2, 0) is 13.2 Å². The van der Waals surface area contributed by atoms with Crippen LogP contribution >= 0.6 is 0 Å². The van der Waals surface area contributed by atoms with E-state index >= 15 is 0 Å². The van der Waals surface area contributed by atoms with Crippen molar-refractivity contribution in [3.05, 3.63) is 78.4 Å². The standard InChI is InChI=1S/C18H21N3O/c1-2-11-20-18(19)21-13-15-7-6-8-16(12-15)14-22-17-9-4-3-5-10-17/h2-10,12H,1,11,13-14H2,(H3,19,20,21). The molecule has 0 heterocycles. The number of nitrogens with one attached hydrogen (secondary N) is 1. The van der Waals surface area contributed by atoms with Crippen LogP contribution in [0.15, 0.2) is 72.2 Å². The zero-order valence-corrected chi connectivity index (χ0v) is 12.5. The number of hydrogen-bond donors (Lipinski definition) is 2. The molecule has 0 fully saturated rings. The molecule has 0 spiro atoms. The Morgan fingerprint density at radius 1 is 1.14 bits per heavy atom. The summed E-state index contributed by atoms with van der Waals surface area (Å²) in [5.74, 6) is 1.29. The van der Waals surface area contributed by atoms with Crippen LogP contribution in [0.1, 0.15) is 11.1 Å². The molecule has 0 aliphatic carbocycles. The minimum absolute atomic E-state index is 0.422. The van der Waals surface area contributed by atoms with Crippen LogP contribution in [0.25, 0.3) is 0 Å². The fourth-order valence-corrected chi connectivity index (χ4v) is 1.91. The molecule has 0 bridgehead atoms. The third kappa shape index (κ3) is 5.32. The van der Waals surface area contributed by atoms with Crippen LogP contribution in [-0.4, -0.2) is 12.5 Å². The first kappa shape index (κ1) is 15.6. The molecule has 0 unspecified atom stereocenters. The highest BCUT2D eigenvalue weighted by Crippen LogP contribution is 2.13. The van der Waals surface area contributed by atoms with Crippen LogP contribution < -0.4 is 15.8 Å².